The Morgan fingerprint density at radius 3 is 2.84 bits per heavy atom. The van der Waals surface area contributed by atoms with Crippen molar-refractivity contribution in [3.05, 3.63) is 57.6 Å². The highest BCUT2D eigenvalue weighted by molar-refractivity contribution is 7.12. The van der Waals surface area contributed by atoms with Crippen molar-refractivity contribution < 1.29 is 14.3 Å². The molecule has 3 aromatic heterocycles. The number of nitrogens with zero attached hydrogens (tertiary/aromatic N) is 4. The van der Waals surface area contributed by atoms with E-state index in [1.54, 1.807) is 11.6 Å². The first kappa shape index (κ1) is 21.4. The van der Waals surface area contributed by atoms with E-state index in [1.807, 2.05) is 11.0 Å². The minimum absolute atomic E-state index is 0. The minimum atomic E-state index is -1.39. The maximum Gasteiger partial charge on any atom is 0.341 e. The predicted octanol–water partition coefficient (Wildman–Crippen LogP) is 2.44. The average Bonchev–Trinajstić information content (AvgIpc) is 3.38. The number of nitrogens with two attached hydrogens (primary N) is 1. The molecule has 1 aliphatic heterocycles. The lowest BCUT2D eigenvalue weighted by atomic mass is 9.83. The number of carbonyl (C=O) groups is 1. The van der Waals surface area contributed by atoms with Crippen LogP contribution < -0.4 is 16.1 Å². The molecule has 3 N–H and O–H groups in total. The molecule has 1 fully saturated rings. The molecule has 162 valence electrons. The standard InChI is InChI=1S/C20H18FN5O3S.ClH/c21-14-6-11-16(27)13(19(28)29)9-26(20-23-4-5-30-20)17(11)24-18(14)25-7-10-2-1-3-15(22)12(10)8-25;/h1,3-6,9-10,12,15H,2,7-8,22H2,(H,28,29);1H/t10-,12+,15?;/m0./s1. The quantitative estimate of drug-likeness (QED) is 0.573. The van der Waals surface area contributed by atoms with Gasteiger partial charge in [-0.1, -0.05) is 12.2 Å². The van der Waals surface area contributed by atoms with Gasteiger partial charge in [-0.2, -0.15) is 0 Å². The summed E-state index contributed by atoms with van der Waals surface area (Å²) in [5.74, 6) is -1.38. The van der Waals surface area contributed by atoms with Crippen molar-refractivity contribution in [2.75, 3.05) is 18.0 Å². The molecule has 2 aliphatic rings. The van der Waals surface area contributed by atoms with Crippen molar-refractivity contribution in [3.63, 3.8) is 0 Å². The fraction of sp³-hybridized carbons (Fsp3) is 0.300. The van der Waals surface area contributed by atoms with Crippen LogP contribution in [-0.2, 0) is 0 Å². The van der Waals surface area contributed by atoms with Crippen LogP contribution >= 0.6 is 23.7 Å². The number of fused-ring (bicyclic) bond motifs is 2. The van der Waals surface area contributed by atoms with Crippen LogP contribution in [0, 0.1) is 17.7 Å². The molecule has 0 radical (unpaired) electrons. The summed E-state index contributed by atoms with van der Waals surface area (Å²) < 4.78 is 16.5. The van der Waals surface area contributed by atoms with Crippen LogP contribution in [-0.4, -0.2) is 44.7 Å². The Morgan fingerprint density at radius 2 is 2.16 bits per heavy atom. The third-order valence-corrected chi connectivity index (χ3v) is 6.62. The van der Waals surface area contributed by atoms with Gasteiger partial charge in [-0.25, -0.2) is 19.2 Å². The summed E-state index contributed by atoms with van der Waals surface area (Å²) in [4.78, 5) is 34.8. The summed E-state index contributed by atoms with van der Waals surface area (Å²) in [5.41, 5.74) is 5.15. The van der Waals surface area contributed by atoms with E-state index in [0.717, 1.165) is 12.5 Å². The first-order chi connectivity index (χ1) is 14.4. The van der Waals surface area contributed by atoms with Crippen LogP contribution in [0.4, 0.5) is 10.2 Å². The van der Waals surface area contributed by atoms with Crippen LogP contribution in [0.15, 0.2) is 40.8 Å². The van der Waals surface area contributed by atoms with Gasteiger partial charge in [-0.3, -0.25) is 9.36 Å². The molecule has 0 aromatic carbocycles. The third-order valence-electron chi connectivity index (χ3n) is 5.85. The lowest BCUT2D eigenvalue weighted by molar-refractivity contribution is 0.0695. The fourth-order valence-corrected chi connectivity index (χ4v) is 5.00. The molecule has 0 spiro atoms. The van der Waals surface area contributed by atoms with Gasteiger partial charge in [0.15, 0.2) is 22.4 Å². The van der Waals surface area contributed by atoms with Crippen LogP contribution in [0.25, 0.3) is 16.2 Å². The van der Waals surface area contributed by atoms with E-state index in [2.05, 4.69) is 16.0 Å². The molecule has 0 saturated carbocycles. The Kier molecular flexibility index (Phi) is 5.54. The Morgan fingerprint density at radius 1 is 1.35 bits per heavy atom. The Bertz CT molecular complexity index is 1250. The highest BCUT2D eigenvalue weighted by atomic mass is 35.5. The van der Waals surface area contributed by atoms with E-state index in [-0.39, 0.29) is 41.2 Å². The predicted molar refractivity (Wildman–Crippen MR) is 118 cm³/mol. The van der Waals surface area contributed by atoms with Crippen molar-refractivity contribution in [3.8, 4) is 5.13 Å². The van der Waals surface area contributed by atoms with Crippen LogP contribution in [0.1, 0.15) is 16.8 Å². The van der Waals surface area contributed by atoms with Crippen LogP contribution in [0.2, 0.25) is 0 Å². The number of aromatic nitrogens is 3. The van der Waals surface area contributed by atoms with E-state index in [9.17, 15) is 14.7 Å². The number of aromatic carboxylic acids is 1. The molecule has 3 aromatic rings. The number of allylic oxidation sites excluding steroid dienone is 1. The van der Waals surface area contributed by atoms with E-state index in [4.69, 9.17) is 5.73 Å². The number of carboxylic acids is 1. The zero-order valence-electron chi connectivity index (χ0n) is 16.1. The number of hydrogen-bond acceptors (Lipinski definition) is 7. The number of carboxylic acid groups (broad SMARTS) is 1. The van der Waals surface area contributed by atoms with Crippen molar-refractivity contribution in [2.24, 2.45) is 17.6 Å². The third kappa shape index (κ3) is 3.50. The SMILES string of the molecule is Cl.NC1C=CC[C@H]2CN(c3nc4c(cc3F)c(=O)c(C(=O)O)cn4-c3nccs3)C[C@@H]12. The largest absolute Gasteiger partial charge is 0.477 e. The maximum atomic E-state index is 15.1. The Balaban J connectivity index is 0.00000231. The summed E-state index contributed by atoms with van der Waals surface area (Å²) in [7, 11) is 0. The molecule has 0 bridgehead atoms. The van der Waals surface area contributed by atoms with E-state index in [1.165, 1.54) is 22.1 Å². The number of hydrogen-bond donors (Lipinski definition) is 2. The molecule has 1 unspecified atom stereocenters. The lowest BCUT2D eigenvalue weighted by Gasteiger charge is -2.25. The van der Waals surface area contributed by atoms with Crippen molar-refractivity contribution >= 4 is 46.6 Å². The van der Waals surface area contributed by atoms with E-state index < -0.39 is 22.8 Å². The van der Waals surface area contributed by atoms with Gasteiger partial charge >= 0.3 is 5.97 Å². The zero-order chi connectivity index (χ0) is 21.0. The Labute approximate surface area is 186 Å². The molecule has 31 heavy (non-hydrogen) atoms. The maximum absolute atomic E-state index is 15.1. The van der Waals surface area contributed by atoms with Crippen LogP contribution in [0.3, 0.4) is 0 Å². The van der Waals surface area contributed by atoms with Crippen LogP contribution in [0.5, 0.6) is 0 Å². The van der Waals surface area contributed by atoms with Gasteiger partial charge in [0.1, 0.15) is 5.56 Å². The average molecular weight is 464 g/mol. The lowest BCUT2D eigenvalue weighted by Crippen LogP contribution is -2.35. The van der Waals surface area contributed by atoms with Gasteiger partial charge in [0.2, 0.25) is 5.43 Å². The molecule has 4 heterocycles. The zero-order valence-corrected chi connectivity index (χ0v) is 17.8. The monoisotopic (exact) mass is 463 g/mol. The van der Waals surface area contributed by atoms with Crippen molar-refractivity contribution in [1.82, 2.24) is 14.5 Å². The number of pyridine rings is 2. The molecular formula is C20H19ClFN5O3S. The molecule has 0 amide bonds. The van der Waals surface area contributed by atoms with Crippen molar-refractivity contribution in [2.45, 2.75) is 12.5 Å². The van der Waals surface area contributed by atoms with E-state index >= 15 is 4.39 Å². The molecule has 5 rings (SSSR count). The molecule has 3 atom stereocenters. The normalized spacial score (nSPS) is 22.4. The van der Waals surface area contributed by atoms with Gasteiger partial charge in [-0.05, 0) is 24.3 Å². The number of rotatable bonds is 3. The topological polar surface area (TPSA) is 114 Å². The summed E-state index contributed by atoms with van der Waals surface area (Å²) >= 11 is 1.26. The van der Waals surface area contributed by atoms with Gasteiger partial charge in [0.05, 0.1) is 5.39 Å². The molecule has 1 saturated heterocycles. The highest BCUT2D eigenvalue weighted by Gasteiger charge is 2.38. The highest BCUT2D eigenvalue weighted by Crippen LogP contribution is 2.36. The molecule has 8 nitrogen and oxygen atoms in total. The molecule has 1 aliphatic carbocycles. The second-order valence-corrected chi connectivity index (χ2v) is 8.47. The number of anilines is 1. The smallest absolute Gasteiger partial charge is 0.341 e. The number of thiazole rings is 1. The summed E-state index contributed by atoms with van der Waals surface area (Å²) in [6.07, 6.45) is 7.70. The molecule has 11 heteroatoms. The van der Waals surface area contributed by atoms with Crippen molar-refractivity contribution in [1.29, 1.82) is 0 Å². The molecular weight excluding hydrogens is 445 g/mol. The Hall–Kier alpha value is -2.82. The number of halogens is 2. The second-order valence-electron chi connectivity index (χ2n) is 7.60. The van der Waals surface area contributed by atoms with E-state index in [0.29, 0.717) is 24.1 Å². The first-order valence-electron chi connectivity index (χ1n) is 9.50. The summed E-state index contributed by atoms with van der Waals surface area (Å²) in [5, 5.41) is 11.5. The second kappa shape index (κ2) is 8.03. The fourth-order valence-electron chi connectivity index (χ4n) is 4.38. The van der Waals surface area contributed by atoms with Gasteiger partial charge in [-0.15, -0.1) is 23.7 Å². The minimum Gasteiger partial charge on any atom is -0.477 e. The van der Waals surface area contributed by atoms with Gasteiger partial charge < -0.3 is 15.7 Å². The first-order valence-corrected chi connectivity index (χ1v) is 10.4. The summed E-state index contributed by atoms with van der Waals surface area (Å²) in [6, 6.07) is 1.00. The summed E-state index contributed by atoms with van der Waals surface area (Å²) in [6.45, 7) is 1.19. The van der Waals surface area contributed by atoms with Gasteiger partial charge in [0.25, 0.3) is 0 Å². The van der Waals surface area contributed by atoms with Gasteiger partial charge in [0, 0.05) is 36.9 Å².